The summed E-state index contributed by atoms with van der Waals surface area (Å²) in [6.07, 6.45) is 0. The van der Waals surface area contributed by atoms with Crippen LogP contribution in [-0.4, -0.2) is 30.0 Å². The number of ether oxygens (including phenoxy) is 1. The van der Waals surface area contributed by atoms with E-state index in [0.29, 0.717) is 5.75 Å². The molecule has 5 heteroatoms. The third kappa shape index (κ3) is 6.00. The second kappa shape index (κ2) is 8.44. The Morgan fingerprint density at radius 2 is 2.06 bits per heavy atom. The molecule has 0 radical (unpaired) electrons. The number of carbonyl (C=O) groups excluding carboxylic acids is 1. The smallest absolute Gasteiger partial charge is 0.323 e. The molecule has 0 aliphatic rings. The molecule has 1 atom stereocenters. The molecule has 0 saturated carbocycles. The van der Waals surface area contributed by atoms with Gasteiger partial charge in [0.2, 0.25) is 0 Å². The minimum absolute atomic E-state index is 0.342. The number of hydrogen-bond acceptors (Lipinski definition) is 5. The highest BCUT2D eigenvalue weighted by atomic mass is 32.2. The van der Waals surface area contributed by atoms with E-state index in [1.807, 2.05) is 30.0 Å². The number of hydrogen-bond donors (Lipinski definition) is 1. The molecule has 94 valence electrons. The lowest BCUT2D eigenvalue weighted by Gasteiger charge is -2.08. The number of carbonyl (C=O) groups is 1. The van der Waals surface area contributed by atoms with Gasteiger partial charge in [0.05, 0.1) is 7.11 Å². The second-order valence-electron chi connectivity index (χ2n) is 3.45. The van der Waals surface area contributed by atoms with Crippen molar-refractivity contribution < 1.29 is 9.53 Å². The van der Waals surface area contributed by atoms with Gasteiger partial charge in [0, 0.05) is 16.6 Å². The van der Waals surface area contributed by atoms with Crippen LogP contribution in [0.15, 0.2) is 30.3 Å². The minimum atomic E-state index is -0.512. The number of thioether (sulfide) groups is 2. The molecule has 0 saturated heterocycles. The standard InChI is InChI=1S/C12H17NO2S2/c1-15-12(14)11(13)8-17-9-16-7-10-5-3-2-4-6-10/h2-6,11H,7-9,13H2,1H3. The van der Waals surface area contributed by atoms with E-state index in [1.165, 1.54) is 12.7 Å². The van der Waals surface area contributed by atoms with Crippen molar-refractivity contribution in [1.29, 1.82) is 0 Å². The molecule has 1 aromatic carbocycles. The van der Waals surface area contributed by atoms with Crippen LogP contribution in [0, 0.1) is 0 Å². The summed E-state index contributed by atoms with van der Waals surface area (Å²) in [7, 11) is 1.36. The zero-order valence-corrected chi connectivity index (χ0v) is 11.4. The lowest BCUT2D eigenvalue weighted by Crippen LogP contribution is -2.33. The summed E-state index contributed by atoms with van der Waals surface area (Å²) in [6.45, 7) is 0. The highest BCUT2D eigenvalue weighted by Gasteiger charge is 2.12. The Kier molecular flexibility index (Phi) is 7.16. The van der Waals surface area contributed by atoms with Gasteiger partial charge in [0.25, 0.3) is 0 Å². The van der Waals surface area contributed by atoms with E-state index in [0.717, 1.165) is 10.8 Å². The van der Waals surface area contributed by atoms with Gasteiger partial charge in [-0.1, -0.05) is 30.3 Å². The first-order valence-corrected chi connectivity index (χ1v) is 7.58. The van der Waals surface area contributed by atoms with E-state index in [1.54, 1.807) is 11.8 Å². The highest BCUT2D eigenvalue weighted by Crippen LogP contribution is 2.17. The van der Waals surface area contributed by atoms with Gasteiger partial charge in [-0.15, -0.1) is 23.5 Å². The molecule has 0 fully saturated rings. The molecule has 0 aliphatic carbocycles. The Labute approximate surface area is 110 Å². The molecule has 1 aromatic rings. The third-order valence-corrected chi connectivity index (χ3v) is 4.55. The topological polar surface area (TPSA) is 52.3 Å². The third-order valence-electron chi connectivity index (χ3n) is 2.08. The maximum Gasteiger partial charge on any atom is 0.323 e. The summed E-state index contributed by atoms with van der Waals surface area (Å²) < 4.78 is 4.55. The summed E-state index contributed by atoms with van der Waals surface area (Å²) >= 11 is 3.48. The van der Waals surface area contributed by atoms with Crippen LogP contribution < -0.4 is 5.73 Å². The molecule has 1 unspecified atom stereocenters. The minimum Gasteiger partial charge on any atom is -0.468 e. The van der Waals surface area contributed by atoms with Crippen molar-refractivity contribution in [3.8, 4) is 0 Å². The number of rotatable bonds is 7. The quantitative estimate of drug-likeness (QED) is 0.467. The normalized spacial score (nSPS) is 12.1. The van der Waals surface area contributed by atoms with Crippen molar-refractivity contribution in [2.75, 3.05) is 17.9 Å². The van der Waals surface area contributed by atoms with Crippen molar-refractivity contribution >= 4 is 29.5 Å². The average molecular weight is 271 g/mol. The number of nitrogens with two attached hydrogens (primary N) is 1. The molecule has 1 rings (SSSR count). The Bertz CT molecular complexity index is 333. The van der Waals surface area contributed by atoms with Crippen LogP contribution in [0.5, 0.6) is 0 Å². The van der Waals surface area contributed by atoms with Crippen molar-refractivity contribution in [2.45, 2.75) is 11.8 Å². The molecule has 0 heterocycles. The SMILES string of the molecule is COC(=O)C(N)CSCSCc1ccccc1. The Morgan fingerprint density at radius 1 is 1.35 bits per heavy atom. The first-order valence-electron chi connectivity index (χ1n) is 5.27. The molecule has 0 aliphatic heterocycles. The maximum atomic E-state index is 11.0. The van der Waals surface area contributed by atoms with Crippen LogP contribution in [0.25, 0.3) is 0 Å². The molecule has 0 spiro atoms. The Balaban J connectivity index is 2.07. The molecule has 0 aromatic heterocycles. The fraction of sp³-hybridized carbons (Fsp3) is 0.417. The zero-order chi connectivity index (χ0) is 12.5. The van der Waals surface area contributed by atoms with E-state index in [4.69, 9.17) is 5.73 Å². The fourth-order valence-corrected chi connectivity index (χ4v) is 3.19. The van der Waals surface area contributed by atoms with Crippen molar-refractivity contribution in [3.05, 3.63) is 35.9 Å². The van der Waals surface area contributed by atoms with Gasteiger partial charge < -0.3 is 10.5 Å². The van der Waals surface area contributed by atoms with Gasteiger partial charge in [0.1, 0.15) is 6.04 Å². The molecule has 0 amide bonds. The summed E-state index contributed by atoms with van der Waals surface area (Å²) in [5, 5.41) is 0.930. The van der Waals surface area contributed by atoms with Gasteiger partial charge >= 0.3 is 5.97 Å². The van der Waals surface area contributed by atoms with Gasteiger partial charge in [-0.05, 0) is 5.56 Å². The Hall–Kier alpha value is -0.650. The van der Waals surface area contributed by atoms with Gasteiger partial charge in [0.15, 0.2) is 0 Å². The van der Waals surface area contributed by atoms with Crippen molar-refractivity contribution in [1.82, 2.24) is 0 Å². The largest absolute Gasteiger partial charge is 0.468 e. The van der Waals surface area contributed by atoms with Crippen molar-refractivity contribution in [2.24, 2.45) is 5.73 Å². The molecule has 3 nitrogen and oxygen atoms in total. The van der Waals surface area contributed by atoms with Crippen LogP contribution in [-0.2, 0) is 15.3 Å². The van der Waals surface area contributed by atoms with Crippen LogP contribution in [0.3, 0.4) is 0 Å². The summed E-state index contributed by atoms with van der Waals surface area (Å²) in [5.74, 6) is 1.25. The van der Waals surface area contributed by atoms with Crippen LogP contribution in [0.4, 0.5) is 0 Å². The Morgan fingerprint density at radius 3 is 2.71 bits per heavy atom. The lowest BCUT2D eigenvalue weighted by atomic mass is 10.2. The van der Waals surface area contributed by atoms with E-state index < -0.39 is 6.04 Å². The molecule has 2 N–H and O–H groups in total. The van der Waals surface area contributed by atoms with Gasteiger partial charge in [-0.2, -0.15) is 0 Å². The van der Waals surface area contributed by atoms with Crippen LogP contribution >= 0.6 is 23.5 Å². The summed E-state index contributed by atoms with van der Waals surface area (Å²) in [5.41, 5.74) is 6.93. The molecular weight excluding hydrogens is 254 g/mol. The predicted molar refractivity (Wildman–Crippen MR) is 75.1 cm³/mol. The molecule has 0 bridgehead atoms. The first-order chi connectivity index (χ1) is 8.24. The maximum absolute atomic E-state index is 11.0. The molecule has 17 heavy (non-hydrogen) atoms. The van der Waals surface area contributed by atoms with Crippen LogP contribution in [0.2, 0.25) is 0 Å². The van der Waals surface area contributed by atoms with E-state index in [9.17, 15) is 4.79 Å². The zero-order valence-electron chi connectivity index (χ0n) is 9.80. The van der Waals surface area contributed by atoms with E-state index in [2.05, 4.69) is 16.9 Å². The first kappa shape index (κ1) is 14.4. The van der Waals surface area contributed by atoms with E-state index in [-0.39, 0.29) is 5.97 Å². The number of methoxy groups -OCH3 is 1. The van der Waals surface area contributed by atoms with Gasteiger partial charge in [-0.3, -0.25) is 4.79 Å². The fourth-order valence-electron chi connectivity index (χ4n) is 1.19. The number of benzene rings is 1. The number of esters is 1. The highest BCUT2D eigenvalue weighted by molar-refractivity contribution is 8.15. The summed E-state index contributed by atoms with van der Waals surface area (Å²) in [6, 6.07) is 9.79. The second-order valence-corrected chi connectivity index (χ2v) is 5.83. The van der Waals surface area contributed by atoms with Crippen LogP contribution in [0.1, 0.15) is 5.56 Å². The average Bonchev–Trinajstić information content (AvgIpc) is 2.38. The lowest BCUT2D eigenvalue weighted by molar-refractivity contribution is -0.141. The predicted octanol–water partition coefficient (Wildman–Crippen LogP) is 2.11. The summed E-state index contributed by atoms with van der Waals surface area (Å²) in [4.78, 5) is 11.0. The monoisotopic (exact) mass is 271 g/mol. The van der Waals surface area contributed by atoms with E-state index >= 15 is 0 Å². The van der Waals surface area contributed by atoms with Crippen molar-refractivity contribution in [3.63, 3.8) is 0 Å². The molecular formula is C12H17NO2S2. The van der Waals surface area contributed by atoms with Gasteiger partial charge in [-0.25, -0.2) is 0 Å².